The Labute approximate surface area is 133 Å². The van der Waals surface area contributed by atoms with Crippen molar-refractivity contribution in [3.8, 4) is 5.69 Å². The molecule has 0 saturated heterocycles. The summed E-state index contributed by atoms with van der Waals surface area (Å²) in [5.74, 6) is 6.85. The lowest BCUT2D eigenvalue weighted by Gasteiger charge is -2.18. The van der Waals surface area contributed by atoms with Crippen molar-refractivity contribution >= 4 is 11.6 Å². The van der Waals surface area contributed by atoms with Crippen molar-refractivity contribution in [2.75, 3.05) is 5.01 Å². The number of para-hydroxylation sites is 2. The molecule has 6 heteroatoms. The molecule has 23 heavy (non-hydrogen) atoms. The van der Waals surface area contributed by atoms with E-state index in [1.807, 2.05) is 67.6 Å². The van der Waals surface area contributed by atoms with Crippen LogP contribution >= 0.6 is 0 Å². The van der Waals surface area contributed by atoms with Crippen LogP contribution in [0.2, 0.25) is 0 Å². The molecule has 2 aromatic carbocycles. The third kappa shape index (κ3) is 2.97. The van der Waals surface area contributed by atoms with Gasteiger partial charge in [-0.1, -0.05) is 43.3 Å². The van der Waals surface area contributed by atoms with Crippen LogP contribution in [0, 0.1) is 0 Å². The third-order valence-corrected chi connectivity index (χ3v) is 3.45. The van der Waals surface area contributed by atoms with Gasteiger partial charge < -0.3 is 0 Å². The van der Waals surface area contributed by atoms with Crippen molar-refractivity contribution in [1.82, 2.24) is 14.5 Å². The number of nitrogens with zero attached hydrogens (tertiary/aromatic N) is 4. The predicted octanol–water partition coefficient (Wildman–Crippen LogP) is 2.20. The SMILES string of the molecule is CCc1nc(N(N)c2ccccc2)nc(=O)n1-c1ccccc1. The summed E-state index contributed by atoms with van der Waals surface area (Å²) in [6.45, 7) is 1.94. The van der Waals surface area contributed by atoms with E-state index in [0.29, 0.717) is 17.9 Å². The minimum Gasteiger partial charge on any atom is -0.248 e. The molecule has 0 aliphatic rings. The number of rotatable bonds is 4. The van der Waals surface area contributed by atoms with Crippen molar-refractivity contribution in [3.63, 3.8) is 0 Å². The van der Waals surface area contributed by atoms with Crippen LogP contribution in [0.4, 0.5) is 11.6 Å². The second kappa shape index (κ2) is 6.41. The molecular weight excluding hydrogens is 290 g/mol. The maximum atomic E-state index is 12.5. The molecule has 0 fully saturated rings. The summed E-state index contributed by atoms with van der Waals surface area (Å²) in [4.78, 5) is 21.0. The number of anilines is 2. The van der Waals surface area contributed by atoms with Crippen molar-refractivity contribution in [1.29, 1.82) is 0 Å². The molecule has 2 N–H and O–H groups in total. The van der Waals surface area contributed by atoms with Crippen LogP contribution in [-0.4, -0.2) is 14.5 Å². The minimum atomic E-state index is -0.399. The van der Waals surface area contributed by atoms with Crippen molar-refractivity contribution in [3.05, 3.63) is 77.0 Å². The van der Waals surface area contributed by atoms with Gasteiger partial charge in [-0.3, -0.25) is 0 Å². The highest BCUT2D eigenvalue weighted by atomic mass is 16.1. The molecule has 3 rings (SSSR count). The Kier molecular flexibility index (Phi) is 4.16. The summed E-state index contributed by atoms with van der Waals surface area (Å²) in [7, 11) is 0. The van der Waals surface area contributed by atoms with Crippen molar-refractivity contribution in [2.24, 2.45) is 5.84 Å². The van der Waals surface area contributed by atoms with E-state index in [1.165, 1.54) is 9.58 Å². The molecule has 116 valence electrons. The number of hydrazine groups is 1. The van der Waals surface area contributed by atoms with Gasteiger partial charge in [0, 0.05) is 6.42 Å². The Morgan fingerprint density at radius 3 is 2.22 bits per heavy atom. The molecule has 0 aliphatic carbocycles. The quantitative estimate of drug-likeness (QED) is 0.590. The zero-order valence-corrected chi connectivity index (χ0v) is 12.8. The fraction of sp³-hybridized carbons (Fsp3) is 0.118. The monoisotopic (exact) mass is 307 g/mol. The fourth-order valence-electron chi connectivity index (χ4n) is 2.32. The predicted molar refractivity (Wildman–Crippen MR) is 89.8 cm³/mol. The maximum Gasteiger partial charge on any atom is 0.356 e. The van der Waals surface area contributed by atoms with Crippen LogP contribution < -0.4 is 16.5 Å². The van der Waals surface area contributed by atoms with Crippen LogP contribution in [0.1, 0.15) is 12.7 Å². The first-order valence-electron chi connectivity index (χ1n) is 7.36. The normalized spacial score (nSPS) is 10.5. The highest BCUT2D eigenvalue weighted by molar-refractivity contribution is 5.54. The van der Waals surface area contributed by atoms with E-state index in [9.17, 15) is 4.79 Å². The third-order valence-electron chi connectivity index (χ3n) is 3.45. The van der Waals surface area contributed by atoms with Gasteiger partial charge in [0.15, 0.2) is 0 Å². The van der Waals surface area contributed by atoms with Gasteiger partial charge in [-0.15, -0.1) is 0 Å². The highest BCUT2D eigenvalue weighted by Gasteiger charge is 2.14. The first kappa shape index (κ1) is 14.9. The summed E-state index contributed by atoms with van der Waals surface area (Å²) in [5.41, 5.74) is 1.06. The van der Waals surface area contributed by atoms with E-state index in [1.54, 1.807) is 0 Å². The summed E-state index contributed by atoms with van der Waals surface area (Å²) in [6.07, 6.45) is 0.586. The molecule has 0 aliphatic heterocycles. The van der Waals surface area contributed by atoms with Gasteiger partial charge in [0.25, 0.3) is 5.95 Å². The molecule has 0 saturated carbocycles. The lowest BCUT2D eigenvalue weighted by molar-refractivity contribution is 0.756. The van der Waals surface area contributed by atoms with E-state index < -0.39 is 5.69 Å². The molecule has 1 aromatic heterocycles. The van der Waals surface area contributed by atoms with Gasteiger partial charge in [-0.25, -0.2) is 20.2 Å². The first-order chi connectivity index (χ1) is 11.2. The van der Waals surface area contributed by atoms with Crippen LogP contribution in [0.3, 0.4) is 0 Å². The van der Waals surface area contributed by atoms with E-state index in [0.717, 1.165) is 5.69 Å². The zero-order valence-electron chi connectivity index (χ0n) is 12.8. The molecule has 0 bridgehead atoms. The number of nitrogens with two attached hydrogens (primary N) is 1. The zero-order chi connectivity index (χ0) is 16.2. The molecule has 6 nitrogen and oxygen atoms in total. The summed E-state index contributed by atoms with van der Waals surface area (Å²) in [6, 6.07) is 18.6. The van der Waals surface area contributed by atoms with Crippen molar-refractivity contribution < 1.29 is 0 Å². The second-order valence-corrected chi connectivity index (χ2v) is 4.95. The molecule has 1 heterocycles. The van der Waals surface area contributed by atoms with E-state index in [-0.39, 0.29) is 5.95 Å². The number of hydrogen-bond donors (Lipinski definition) is 1. The number of hydrogen-bond acceptors (Lipinski definition) is 5. The average Bonchev–Trinajstić information content (AvgIpc) is 2.61. The molecular formula is C17H17N5O. The van der Waals surface area contributed by atoms with Crippen LogP contribution in [0.15, 0.2) is 65.5 Å². The molecule has 3 aromatic rings. The largest absolute Gasteiger partial charge is 0.356 e. The number of aromatic nitrogens is 3. The Hall–Kier alpha value is -2.99. The lowest BCUT2D eigenvalue weighted by atomic mass is 10.3. The maximum absolute atomic E-state index is 12.5. The van der Waals surface area contributed by atoms with E-state index in [4.69, 9.17) is 5.84 Å². The van der Waals surface area contributed by atoms with Gasteiger partial charge in [0.05, 0.1) is 11.4 Å². The fourth-order valence-corrected chi connectivity index (χ4v) is 2.32. The Morgan fingerprint density at radius 1 is 1.00 bits per heavy atom. The molecule has 0 atom stereocenters. The molecule has 0 unspecified atom stereocenters. The van der Waals surface area contributed by atoms with Gasteiger partial charge >= 0.3 is 5.69 Å². The van der Waals surface area contributed by atoms with Crippen LogP contribution in [0.5, 0.6) is 0 Å². The first-order valence-corrected chi connectivity index (χ1v) is 7.36. The number of benzene rings is 2. The smallest absolute Gasteiger partial charge is 0.248 e. The lowest BCUT2D eigenvalue weighted by Crippen LogP contribution is -2.33. The van der Waals surface area contributed by atoms with Gasteiger partial charge in [0.2, 0.25) is 0 Å². The highest BCUT2D eigenvalue weighted by Crippen LogP contribution is 2.17. The van der Waals surface area contributed by atoms with Gasteiger partial charge in [0.1, 0.15) is 5.82 Å². The summed E-state index contributed by atoms with van der Waals surface area (Å²) < 4.78 is 1.50. The Bertz CT molecular complexity index is 846. The molecule has 0 amide bonds. The number of aryl methyl sites for hydroxylation is 1. The van der Waals surface area contributed by atoms with Gasteiger partial charge in [-0.2, -0.15) is 9.97 Å². The van der Waals surface area contributed by atoms with Crippen molar-refractivity contribution in [2.45, 2.75) is 13.3 Å². The Balaban J connectivity index is 2.09. The summed E-state index contributed by atoms with van der Waals surface area (Å²) in [5, 5.41) is 1.32. The minimum absolute atomic E-state index is 0.185. The standard InChI is InChI=1S/C17H17N5O/c1-2-15-19-16(22(18)14-11-7-4-8-12-14)20-17(23)21(15)13-9-5-3-6-10-13/h3-12H,2,18H2,1H3. The second-order valence-electron chi connectivity index (χ2n) is 4.95. The topological polar surface area (TPSA) is 77.0 Å². The van der Waals surface area contributed by atoms with Crippen LogP contribution in [-0.2, 0) is 6.42 Å². The Morgan fingerprint density at radius 2 is 1.61 bits per heavy atom. The average molecular weight is 307 g/mol. The molecule has 0 spiro atoms. The van der Waals surface area contributed by atoms with Gasteiger partial charge in [-0.05, 0) is 24.3 Å². The van der Waals surface area contributed by atoms with E-state index >= 15 is 0 Å². The van der Waals surface area contributed by atoms with E-state index in [2.05, 4.69) is 9.97 Å². The van der Waals surface area contributed by atoms with Crippen LogP contribution in [0.25, 0.3) is 5.69 Å². The molecule has 0 radical (unpaired) electrons. The summed E-state index contributed by atoms with van der Waals surface area (Å²) >= 11 is 0.